The zero-order valence-electron chi connectivity index (χ0n) is 6.41. The van der Waals surface area contributed by atoms with Crippen LogP contribution in [0.2, 0.25) is 0 Å². The second kappa shape index (κ2) is 1.61. The van der Waals surface area contributed by atoms with Crippen LogP contribution in [0.15, 0.2) is 0 Å². The molecule has 60 valence electrons. The van der Waals surface area contributed by atoms with E-state index in [1.54, 1.807) is 0 Å². The van der Waals surface area contributed by atoms with Crippen LogP contribution >= 0.6 is 0 Å². The molecule has 11 heavy (non-hydrogen) atoms. The minimum Gasteiger partial charge on any atom is -0.460 e. The minimum atomic E-state index is 0.0272. The molecule has 3 rings (SSSR count). The molecular weight excluding hydrogens is 142 g/mol. The molecule has 0 aliphatic carbocycles. The number of carbonyl (C=O) groups is 1. The van der Waals surface area contributed by atoms with Gasteiger partial charge in [-0.05, 0) is 6.42 Å². The summed E-state index contributed by atoms with van der Waals surface area (Å²) in [5.41, 5.74) is 0. The largest absolute Gasteiger partial charge is 0.460 e. The van der Waals surface area contributed by atoms with Crippen molar-refractivity contribution in [3.63, 3.8) is 0 Å². The smallest absolute Gasteiger partial charge is 0.311 e. The number of rotatable bonds is 0. The Morgan fingerprint density at radius 3 is 3.09 bits per heavy atom. The first-order chi connectivity index (χ1) is 5.27. The van der Waals surface area contributed by atoms with E-state index in [4.69, 9.17) is 4.74 Å². The Morgan fingerprint density at radius 1 is 1.64 bits per heavy atom. The molecule has 3 heterocycles. The molecule has 3 saturated heterocycles. The second-order valence-corrected chi connectivity index (χ2v) is 3.90. The van der Waals surface area contributed by atoms with Gasteiger partial charge in [-0.15, -0.1) is 0 Å². The number of ether oxygens (including phenoxy) is 1. The number of hydrogen-bond acceptors (Lipinski definition) is 3. The number of esters is 1. The molecular formula is C8H11NO2. The lowest BCUT2D eigenvalue weighted by Crippen LogP contribution is -2.30. The van der Waals surface area contributed by atoms with E-state index in [1.165, 1.54) is 0 Å². The molecule has 0 spiro atoms. The number of nitrogens with one attached hydrogen (secondary N) is 1. The predicted octanol–water partition coefficient (Wildman–Crippen LogP) is -0.0918. The molecule has 0 radical (unpaired) electrons. The number of hydrogen-bond donors (Lipinski definition) is 1. The molecule has 5 unspecified atom stereocenters. The maximum Gasteiger partial charge on any atom is 0.311 e. The highest BCUT2D eigenvalue weighted by molar-refractivity contribution is 5.77. The summed E-state index contributed by atoms with van der Waals surface area (Å²) < 4.78 is 5.25. The normalized spacial score (nSPS) is 58.6. The Labute approximate surface area is 65.1 Å². The summed E-state index contributed by atoms with van der Waals surface area (Å²) in [6, 6.07) is 0.893. The van der Waals surface area contributed by atoms with Crippen molar-refractivity contribution in [1.82, 2.24) is 5.32 Å². The molecule has 5 atom stereocenters. The Bertz CT molecular complexity index is 228. The molecule has 0 aromatic carbocycles. The summed E-state index contributed by atoms with van der Waals surface area (Å²) in [7, 11) is 0. The second-order valence-electron chi connectivity index (χ2n) is 3.90. The fraction of sp³-hybridized carbons (Fsp3) is 0.875. The average molecular weight is 153 g/mol. The van der Waals surface area contributed by atoms with E-state index < -0.39 is 0 Å². The van der Waals surface area contributed by atoms with Crippen molar-refractivity contribution in [3.05, 3.63) is 0 Å². The Morgan fingerprint density at radius 2 is 2.45 bits per heavy atom. The van der Waals surface area contributed by atoms with E-state index in [1.807, 2.05) is 0 Å². The topological polar surface area (TPSA) is 38.3 Å². The predicted molar refractivity (Wildman–Crippen MR) is 37.9 cm³/mol. The minimum absolute atomic E-state index is 0.0272. The summed E-state index contributed by atoms with van der Waals surface area (Å²) in [6.07, 6.45) is 1.19. The van der Waals surface area contributed by atoms with Crippen LogP contribution in [0.3, 0.4) is 0 Å². The van der Waals surface area contributed by atoms with Crippen molar-refractivity contribution in [2.24, 2.45) is 11.8 Å². The first-order valence-electron chi connectivity index (χ1n) is 4.24. The Kier molecular flexibility index (Phi) is 0.876. The highest BCUT2D eigenvalue weighted by atomic mass is 16.6. The first-order valence-corrected chi connectivity index (χ1v) is 4.24. The third kappa shape index (κ3) is 0.527. The van der Waals surface area contributed by atoms with Crippen molar-refractivity contribution in [2.75, 3.05) is 0 Å². The molecule has 3 aliphatic heterocycles. The van der Waals surface area contributed by atoms with Gasteiger partial charge >= 0.3 is 5.97 Å². The van der Waals surface area contributed by atoms with Gasteiger partial charge in [-0.1, -0.05) is 6.92 Å². The van der Waals surface area contributed by atoms with Crippen LogP contribution in [-0.2, 0) is 9.53 Å². The highest BCUT2D eigenvalue weighted by Crippen LogP contribution is 2.44. The van der Waals surface area contributed by atoms with Gasteiger partial charge in [0.1, 0.15) is 6.10 Å². The molecule has 3 nitrogen and oxygen atoms in total. The zero-order valence-corrected chi connectivity index (χ0v) is 6.41. The van der Waals surface area contributed by atoms with Gasteiger partial charge in [0.25, 0.3) is 0 Å². The van der Waals surface area contributed by atoms with Crippen molar-refractivity contribution in [1.29, 1.82) is 0 Å². The molecule has 0 aromatic rings. The first kappa shape index (κ1) is 6.00. The maximum absolute atomic E-state index is 11.2. The van der Waals surface area contributed by atoms with E-state index in [0.29, 0.717) is 18.0 Å². The number of carbonyl (C=O) groups excluding carboxylic acids is 1. The molecule has 1 N–H and O–H groups in total. The molecule has 0 saturated carbocycles. The molecule has 0 aromatic heterocycles. The summed E-state index contributed by atoms with van der Waals surface area (Å²) in [5, 5.41) is 3.42. The summed E-state index contributed by atoms with van der Waals surface area (Å²) in [4.78, 5) is 11.2. The van der Waals surface area contributed by atoms with Crippen LogP contribution in [0.4, 0.5) is 0 Å². The molecule has 3 fully saturated rings. The summed E-state index contributed by atoms with van der Waals surface area (Å²) in [5.74, 6) is 0.739. The van der Waals surface area contributed by atoms with E-state index in [2.05, 4.69) is 12.2 Å². The van der Waals surface area contributed by atoms with Crippen LogP contribution in [0.25, 0.3) is 0 Å². The van der Waals surface area contributed by atoms with Crippen LogP contribution in [0.5, 0.6) is 0 Å². The number of fused-ring (bicyclic) bond motifs is 1. The van der Waals surface area contributed by atoms with Crippen LogP contribution < -0.4 is 5.32 Å². The third-order valence-corrected chi connectivity index (χ3v) is 3.41. The van der Waals surface area contributed by atoms with Crippen molar-refractivity contribution in [2.45, 2.75) is 31.5 Å². The monoisotopic (exact) mass is 153 g/mol. The van der Waals surface area contributed by atoms with E-state index in [-0.39, 0.29) is 18.0 Å². The van der Waals surface area contributed by atoms with Crippen molar-refractivity contribution >= 4 is 5.97 Å². The van der Waals surface area contributed by atoms with Gasteiger partial charge in [-0.25, -0.2) is 0 Å². The third-order valence-electron chi connectivity index (χ3n) is 3.41. The fourth-order valence-electron chi connectivity index (χ4n) is 2.74. The molecule has 2 bridgehead atoms. The zero-order chi connectivity index (χ0) is 7.59. The fourth-order valence-corrected chi connectivity index (χ4v) is 2.74. The van der Waals surface area contributed by atoms with Crippen molar-refractivity contribution < 1.29 is 9.53 Å². The summed E-state index contributed by atoms with van der Waals surface area (Å²) in [6.45, 7) is 2.16. The standard InChI is InChI=1S/C8H11NO2/c1-3-5-2-4-6(9-5)7(3)11-8(4)10/h3-7,9H,2H2,1H3. The van der Waals surface area contributed by atoms with Gasteiger partial charge in [0.2, 0.25) is 0 Å². The van der Waals surface area contributed by atoms with Gasteiger partial charge in [0.15, 0.2) is 0 Å². The molecule has 3 aliphatic rings. The lowest BCUT2D eigenvalue weighted by atomic mass is 9.83. The van der Waals surface area contributed by atoms with Crippen LogP contribution in [-0.4, -0.2) is 24.2 Å². The van der Waals surface area contributed by atoms with Gasteiger partial charge in [0, 0.05) is 12.0 Å². The Balaban J connectivity index is 2.04. The Hall–Kier alpha value is -0.570. The van der Waals surface area contributed by atoms with E-state index in [0.717, 1.165) is 6.42 Å². The summed E-state index contributed by atoms with van der Waals surface area (Å²) >= 11 is 0. The highest BCUT2D eigenvalue weighted by Gasteiger charge is 2.60. The quantitative estimate of drug-likeness (QED) is 0.494. The lowest BCUT2D eigenvalue weighted by molar-refractivity contribution is -0.144. The average Bonchev–Trinajstić information content (AvgIpc) is 2.53. The van der Waals surface area contributed by atoms with Crippen LogP contribution in [0.1, 0.15) is 13.3 Å². The van der Waals surface area contributed by atoms with Gasteiger partial charge < -0.3 is 10.1 Å². The lowest BCUT2D eigenvalue weighted by Gasteiger charge is -2.18. The van der Waals surface area contributed by atoms with Gasteiger partial charge in [0.05, 0.1) is 12.0 Å². The van der Waals surface area contributed by atoms with Gasteiger partial charge in [-0.2, -0.15) is 0 Å². The van der Waals surface area contributed by atoms with E-state index >= 15 is 0 Å². The SMILES string of the molecule is CC1C2CC3C(=O)OC1C3N2. The molecule has 0 amide bonds. The van der Waals surface area contributed by atoms with Crippen molar-refractivity contribution in [3.8, 4) is 0 Å². The van der Waals surface area contributed by atoms with Crippen LogP contribution in [0, 0.1) is 11.8 Å². The van der Waals surface area contributed by atoms with Gasteiger partial charge in [-0.3, -0.25) is 4.79 Å². The van der Waals surface area contributed by atoms with E-state index in [9.17, 15) is 4.79 Å². The molecule has 3 heteroatoms. The maximum atomic E-state index is 11.2.